The Labute approximate surface area is 128 Å². The molecule has 1 unspecified atom stereocenters. The lowest BCUT2D eigenvalue weighted by Crippen LogP contribution is -2.46. The van der Waals surface area contributed by atoms with Gasteiger partial charge in [-0.05, 0) is 44.9 Å². The van der Waals surface area contributed by atoms with Crippen LogP contribution in [0.4, 0.5) is 0 Å². The van der Waals surface area contributed by atoms with Gasteiger partial charge in [0.2, 0.25) is 5.91 Å². The molecule has 1 amide bonds. The Morgan fingerprint density at radius 1 is 1.19 bits per heavy atom. The van der Waals surface area contributed by atoms with Crippen molar-refractivity contribution in [1.82, 2.24) is 10.6 Å². The fourth-order valence-corrected chi connectivity index (χ4v) is 2.01. The third kappa shape index (κ3) is 7.14. The molecule has 0 saturated heterocycles. The molecule has 0 fully saturated rings. The molecule has 4 heteroatoms. The predicted molar refractivity (Wildman–Crippen MR) is 86.5 cm³/mol. The normalized spacial score (nSPS) is 12.2. The fourth-order valence-electron chi connectivity index (χ4n) is 2.01. The smallest absolute Gasteiger partial charge is 0.237 e. The second-order valence-corrected chi connectivity index (χ2v) is 5.21. The van der Waals surface area contributed by atoms with Crippen molar-refractivity contribution in [1.29, 1.82) is 0 Å². The summed E-state index contributed by atoms with van der Waals surface area (Å²) in [7, 11) is 0. The van der Waals surface area contributed by atoms with Gasteiger partial charge in [-0.2, -0.15) is 0 Å². The number of amides is 1. The number of rotatable bonds is 10. The molecule has 118 valence electrons. The van der Waals surface area contributed by atoms with Crippen LogP contribution in [0.1, 0.15) is 40.0 Å². The molecule has 0 aliphatic rings. The van der Waals surface area contributed by atoms with Crippen molar-refractivity contribution in [2.24, 2.45) is 0 Å². The van der Waals surface area contributed by atoms with Crippen molar-refractivity contribution in [2.75, 3.05) is 13.2 Å². The number of hydrogen-bond acceptors (Lipinski definition) is 3. The Balaban J connectivity index is 2.12. The van der Waals surface area contributed by atoms with E-state index in [1.54, 1.807) is 0 Å². The van der Waals surface area contributed by atoms with Gasteiger partial charge in [-0.25, -0.2) is 0 Å². The van der Waals surface area contributed by atoms with Crippen LogP contribution >= 0.6 is 0 Å². The zero-order valence-electron chi connectivity index (χ0n) is 13.4. The third-order valence-corrected chi connectivity index (χ3v) is 3.51. The molecule has 1 aromatic rings. The zero-order chi connectivity index (χ0) is 15.5. The molecule has 0 heterocycles. The molecule has 4 nitrogen and oxygen atoms in total. The summed E-state index contributed by atoms with van der Waals surface area (Å²) in [4.78, 5) is 12.0. The minimum absolute atomic E-state index is 0.0766. The van der Waals surface area contributed by atoms with Gasteiger partial charge in [-0.3, -0.25) is 4.79 Å². The van der Waals surface area contributed by atoms with Crippen LogP contribution in [-0.4, -0.2) is 31.1 Å². The molecule has 1 rings (SSSR count). The topological polar surface area (TPSA) is 50.4 Å². The summed E-state index contributed by atoms with van der Waals surface area (Å²) in [5.74, 6) is 0.963. The monoisotopic (exact) mass is 292 g/mol. The first-order chi connectivity index (χ1) is 10.2. The highest BCUT2D eigenvalue weighted by Crippen LogP contribution is 2.08. The van der Waals surface area contributed by atoms with Gasteiger partial charge in [0.1, 0.15) is 5.75 Å². The second kappa shape index (κ2) is 10.2. The minimum atomic E-state index is -0.165. The SMILES string of the molecule is CCC(CC)NC(=O)C(C)NCCCOc1ccccc1. The van der Waals surface area contributed by atoms with Crippen LogP contribution in [0.5, 0.6) is 5.75 Å². The van der Waals surface area contributed by atoms with Crippen LogP contribution in [0.15, 0.2) is 30.3 Å². The average Bonchev–Trinajstić information content (AvgIpc) is 2.52. The lowest BCUT2D eigenvalue weighted by molar-refractivity contribution is -0.123. The van der Waals surface area contributed by atoms with Crippen molar-refractivity contribution >= 4 is 5.91 Å². The van der Waals surface area contributed by atoms with Crippen LogP contribution in [0, 0.1) is 0 Å². The van der Waals surface area contributed by atoms with Crippen molar-refractivity contribution in [3.63, 3.8) is 0 Å². The maximum absolute atomic E-state index is 12.0. The van der Waals surface area contributed by atoms with Gasteiger partial charge in [0.05, 0.1) is 12.6 Å². The molecule has 1 aromatic carbocycles. The first-order valence-electron chi connectivity index (χ1n) is 7.89. The summed E-state index contributed by atoms with van der Waals surface area (Å²) in [6.07, 6.45) is 2.82. The van der Waals surface area contributed by atoms with E-state index in [1.807, 2.05) is 37.3 Å². The van der Waals surface area contributed by atoms with Crippen LogP contribution < -0.4 is 15.4 Å². The van der Waals surface area contributed by atoms with Crippen LogP contribution in [-0.2, 0) is 4.79 Å². The van der Waals surface area contributed by atoms with Gasteiger partial charge < -0.3 is 15.4 Å². The summed E-state index contributed by atoms with van der Waals surface area (Å²) in [5, 5.41) is 6.28. The number of hydrogen-bond donors (Lipinski definition) is 2. The number of nitrogens with one attached hydrogen (secondary N) is 2. The van der Waals surface area contributed by atoms with Gasteiger partial charge in [-0.15, -0.1) is 0 Å². The Morgan fingerprint density at radius 2 is 1.86 bits per heavy atom. The Bertz CT molecular complexity index is 391. The van der Waals surface area contributed by atoms with Crippen molar-refractivity contribution in [3.05, 3.63) is 30.3 Å². The summed E-state index contributed by atoms with van der Waals surface area (Å²) in [6, 6.07) is 9.88. The summed E-state index contributed by atoms with van der Waals surface area (Å²) in [5.41, 5.74) is 0. The van der Waals surface area contributed by atoms with E-state index in [-0.39, 0.29) is 18.0 Å². The third-order valence-electron chi connectivity index (χ3n) is 3.51. The van der Waals surface area contributed by atoms with E-state index in [0.29, 0.717) is 6.61 Å². The molecule has 0 saturated carbocycles. The summed E-state index contributed by atoms with van der Waals surface area (Å²) >= 11 is 0. The standard InChI is InChI=1S/C17H28N2O2/c1-4-15(5-2)19-17(20)14(3)18-12-9-13-21-16-10-7-6-8-11-16/h6-8,10-11,14-15,18H,4-5,9,12-13H2,1-3H3,(H,19,20). The molecule has 1 atom stereocenters. The fraction of sp³-hybridized carbons (Fsp3) is 0.588. The van der Waals surface area contributed by atoms with Crippen LogP contribution in [0.2, 0.25) is 0 Å². The molecular formula is C17H28N2O2. The summed E-state index contributed by atoms with van der Waals surface area (Å²) < 4.78 is 5.61. The largest absolute Gasteiger partial charge is 0.494 e. The van der Waals surface area contributed by atoms with E-state index in [1.165, 1.54) is 0 Å². The lowest BCUT2D eigenvalue weighted by Gasteiger charge is -2.19. The molecule has 0 aromatic heterocycles. The van der Waals surface area contributed by atoms with E-state index in [4.69, 9.17) is 4.74 Å². The number of carbonyl (C=O) groups is 1. The highest BCUT2D eigenvalue weighted by molar-refractivity contribution is 5.81. The van der Waals surface area contributed by atoms with Gasteiger partial charge in [0.25, 0.3) is 0 Å². The molecular weight excluding hydrogens is 264 g/mol. The highest BCUT2D eigenvalue weighted by atomic mass is 16.5. The number of carbonyl (C=O) groups excluding carboxylic acids is 1. The molecule has 0 bridgehead atoms. The minimum Gasteiger partial charge on any atom is -0.494 e. The summed E-state index contributed by atoms with van der Waals surface area (Å²) in [6.45, 7) is 7.50. The Hall–Kier alpha value is -1.55. The molecule has 0 aliphatic heterocycles. The van der Waals surface area contributed by atoms with E-state index >= 15 is 0 Å². The van der Waals surface area contributed by atoms with Crippen molar-refractivity contribution in [3.8, 4) is 5.75 Å². The molecule has 2 N–H and O–H groups in total. The maximum atomic E-state index is 12.0. The molecule has 0 spiro atoms. The first-order valence-corrected chi connectivity index (χ1v) is 7.89. The average molecular weight is 292 g/mol. The number of ether oxygens (including phenoxy) is 1. The first kappa shape index (κ1) is 17.5. The van der Waals surface area contributed by atoms with Crippen molar-refractivity contribution in [2.45, 2.75) is 52.1 Å². The Kier molecular flexibility index (Phi) is 8.51. The quantitative estimate of drug-likeness (QED) is 0.652. The highest BCUT2D eigenvalue weighted by Gasteiger charge is 2.14. The second-order valence-electron chi connectivity index (χ2n) is 5.21. The number of benzene rings is 1. The van der Waals surface area contributed by atoms with E-state index in [2.05, 4.69) is 24.5 Å². The van der Waals surface area contributed by atoms with Gasteiger partial charge in [-0.1, -0.05) is 32.0 Å². The van der Waals surface area contributed by atoms with Crippen LogP contribution in [0.3, 0.4) is 0 Å². The van der Waals surface area contributed by atoms with Gasteiger partial charge >= 0.3 is 0 Å². The van der Waals surface area contributed by atoms with Crippen molar-refractivity contribution < 1.29 is 9.53 Å². The van der Waals surface area contributed by atoms with Crippen LogP contribution in [0.25, 0.3) is 0 Å². The van der Waals surface area contributed by atoms with E-state index in [9.17, 15) is 4.79 Å². The molecule has 0 radical (unpaired) electrons. The van der Waals surface area contributed by atoms with Gasteiger partial charge in [0, 0.05) is 6.04 Å². The zero-order valence-corrected chi connectivity index (χ0v) is 13.4. The Morgan fingerprint density at radius 3 is 2.48 bits per heavy atom. The van der Waals surface area contributed by atoms with E-state index in [0.717, 1.165) is 31.6 Å². The number of para-hydroxylation sites is 1. The molecule has 21 heavy (non-hydrogen) atoms. The molecule has 0 aliphatic carbocycles. The van der Waals surface area contributed by atoms with Gasteiger partial charge in [0.15, 0.2) is 0 Å². The maximum Gasteiger partial charge on any atom is 0.237 e. The lowest BCUT2D eigenvalue weighted by atomic mass is 10.1. The van der Waals surface area contributed by atoms with E-state index < -0.39 is 0 Å². The predicted octanol–water partition coefficient (Wildman–Crippen LogP) is 2.74.